The summed E-state index contributed by atoms with van der Waals surface area (Å²) in [6.07, 6.45) is 1.60. The standard InChI is InChI=1S/C14H18N4O3S/c1-9(22-14-17-15-8-18(14)2)13(19)16-11-7-10(20-3)5-6-12(11)21-4/h5-9H,1-4H3,(H,16,19). The van der Waals surface area contributed by atoms with Crippen molar-refractivity contribution in [1.29, 1.82) is 0 Å². The number of hydrogen-bond donors (Lipinski definition) is 1. The molecule has 0 fully saturated rings. The number of benzene rings is 1. The Morgan fingerprint density at radius 3 is 2.73 bits per heavy atom. The maximum Gasteiger partial charge on any atom is 0.237 e. The molecule has 0 aliphatic carbocycles. The average Bonchev–Trinajstić information content (AvgIpc) is 2.92. The first-order valence-corrected chi connectivity index (χ1v) is 7.46. The van der Waals surface area contributed by atoms with Gasteiger partial charge in [-0.2, -0.15) is 0 Å². The van der Waals surface area contributed by atoms with E-state index in [2.05, 4.69) is 15.5 Å². The summed E-state index contributed by atoms with van der Waals surface area (Å²) >= 11 is 1.33. The van der Waals surface area contributed by atoms with Gasteiger partial charge in [-0.3, -0.25) is 4.79 Å². The van der Waals surface area contributed by atoms with Crippen LogP contribution >= 0.6 is 11.8 Å². The van der Waals surface area contributed by atoms with Crippen molar-refractivity contribution in [3.8, 4) is 11.5 Å². The Hall–Kier alpha value is -2.22. The zero-order valence-corrected chi connectivity index (χ0v) is 13.7. The number of thioether (sulfide) groups is 1. The van der Waals surface area contributed by atoms with Gasteiger partial charge in [0.2, 0.25) is 5.91 Å². The zero-order valence-electron chi connectivity index (χ0n) is 12.9. The quantitative estimate of drug-likeness (QED) is 0.819. The number of methoxy groups -OCH3 is 2. The summed E-state index contributed by atoms with van der Waals surface area (Å²) in [4.78, 5) is 12.3. The SMILES string of the molecule is COc1ccc(OC)c(NC(=O)C(C)Sc2nncn2C)c1. The minimum atomic E-state index is -0.334. The number of nitrogens with one attached hydrogen (secondary N) is 1. The van der Waals surface area contributed by atoms with E-state index >= 15 is 0 Å². The third kappa shape index (κ3) is 3.70. The lowest BCUT2D eigenvalue weighted by atomic mass is 10.2. The molecule has 2 aromatic rings. The lowest BCUT2D eigenvalue weighted by Gasteiger charge is -2.14. The van der Waals surface area contributed by atoms with Crippen molar-refractivity contribution in [2.24, 2.45) is 7.05 Å². The Morgan fingerprint density at radius 2 is 2.14 bits per heavy atom. The molecule has 0 saturated heterocycles. The smallest absolute Gasteiger partial charge is 0.237 e. The number of aryl methyl sites for hydroxylation is 1. The summed E-state index contributed by atoms with van der Waals surface area (Å²) in [6, 6.07) is 5.23. The van der Waals surface area contributed by atoms with E-state index in [0.29, 0.717) is 22.3 Å². The maximum atomic E-state index is 12.3. The van der Waals surface area contributed by atoms with Gasteiger partial charge in [0.1, 0.15) is 17.8 Å². The molecule has 0 radical (unpaired) electrons. The lowest BCUT2D eigenvalue weighted by Crippen LogP contribution is -2.23. The van der Waals surface area contributed by atoms with E-state index in [0.717, 1.165) is 0 Å². The first kappa shape index (κ1) is 16.2. The molecule has 0 saturated carbocycles. The normalized spacial score (nSPS) is 11.8. The van der Waals surface area contributed by atoms with Crippen LogP contribution in [-0.4, -0.2) is 40.1 Å². The molecule has 0 aliphatic heterocycles. The van der Waals surface area contributed by atoms with Crippen molar-refractivity contribution in [2.45, 2.75) is 17.3 Å². The number of ether oxygens (including phenoxy) is 2. The highest BCUT2D eigenvalue weighted by molar-refractivity contribution is 8.00. The van der Waals surface area contributed by atoms with Crippen molar-refractivity contribution in [1.82, 2.24) is 14.8 Å². The van der Waals surface area contributed by atoms with Crippen LogP contribution in [0.2, 0.25) is 0 Å². The third-order valence-corrected chi connectivity index (χ3v) is 4.13. The molecule has 22 heavy (non-hydrogen) atoms. The van der Waals surface area contributed by atoms with Crippen LogP contribution in [0.3, 0.4) is 0 Å². The number of aromatic nitrogens is 3. The number of carbonyl (C=O) groups excluding carboxylic acids is 1. The van der Waals surface area contributed by atoms with Crippen molar-refractivity contribution in [3.63, 3.8) is 0 Å². The average molecular weight is 322 g/mol. The van der Waals surface area contributed by atoms with E-state index in [1.807, 2.05) is 7.05 Å². The summed E-state index contributed by atoms with van der Waals surface area (Å²) < 4.78 is 12.2. The molecule has 2 rings (SSSR count). The number of amides is 1. The number of anilines is 1. The molecule has 0 bridgehead atoms. The molecule has 1 aromatic carbocycles. The second kappa shape index (κ2) is 7.17. The topological polar surface area (TPSA) is 78.3 Å². The summed E-state index contributed by atoms with van der Waals surface area (Å²) in [7, 11) is 4.95. The van der Waals surface area contributed by atoms with Crippen LogP contribution in [-0.2, 0) is 11.8 Å². The third-order valence-electron chi connectivity index (χ3n) is 2.99. The van der Waals surface area contributed by atoms with Crippen LogP contribution in [0.1, 0.15) is 6.92 Å². The molecular formula is C14H18N4O3S. The van der Waals surface area contributed by atoms with E-state index in [1.165, 1.54) is 11.8 Å². The molecule has 1 amide bonds. The van der Waals surface area contributed by atoms with Gasteiger partial charge in [0.05, 0.1) is 25.2 Å². The fourth-order valence-corrected chi connectivity index (χ4v) is 2.53. The molecule has 1 unspecified atom stereocenters. The van der Waals surface area contributed by atoms with Gasteiger partial charge in [-0.1, -0.05) is 11.8 Å². The fraction of sp³-hybridized carbons (Fsp3) is 0.357. The monoisotopic (exact) mass is 322 g/mol. The Labute approximate surface area is 133 Å². The van der Waals surface area contributed by atoms with E-state index in [-0.39, 0.29) is 11.2 Å². The summed E-state index contributed by atoms with van der Waals surface area (Å²) in [5.41, 5.74) is 0.567. The minimum Gasteiger partial charge on any atom is -0.497 e. The lowest BCUT2D eigenvalue weighted by molar-refractivity contribution is -0.115. The molecule has 0 spiro atoms. The van der Waals surface area contributed by atoms with E-state index in [9.17, 15) is 4.79 Å². The molecule has 1 heterocycles. The number of rotatable bonds is 6. The molecule has 118 valence electrons. The Morgan fingerprint density at radius 1 is 1.36 bits per heavy atom. The van der Waals surface area contributed by atoms with Crippen molar-refractivity contribution >= 4 is 23.4 Å². The molecule has 7 nitrogen and oxygen atoms in total. The molecular weight excluding hydrogens is 304 g/mol. The van der Waals surface area contributed by atoms with Gasteiger partial charge >= 0.3 is 0 Å². The molecule has 1 N–H and O–H groups in total. The van der Waals surface area contributed by atoms with Crippen LogP contribution in [0, 0.1) is 0 Å². The van der Waals surface area contributed by atoms with Crippen LogP contribution in [0.25, 0.3) is 0 Å². The number of nitrogens with zero attached hydrogens (tertiary/aromatic N) is 3. The van der Waals surface area contributed by atoms with E-state index < -0.39 is 0 Å². The summed E-state index contributed by atoms with van der Waals surface area (Å²) in [5, 5.41) is 10.9. The van der Waals surface area contributed by atoms with Gasteiger partial charge < -0.3 is 19.4 Å². The number of hydrogen-bond acceptors (Lipinski definition) is 6. The van der Waals surface area contributed by atoms with Crippen molar-refractivity contribution in [3.05, 3.63) is 24.5 Å². The first-order valence-electron chi connectivity index (χ1n) is 6.58. The second-order valence-corrected chi connectivity index (χ2v) is 5.85. The molecule has 1 atom stereocenters. The van der Waals surface area contributed by atoms with Crippen LogP contribution < -0.4 is 14.8 Å². The van der Waals surface area contributed by atoms with Gasteiger partial charge in [-0.15, -0.1) is 10.2 Å². The van der Waals surface area contributed by atoms with Crippen LogP contribution in [0.15, 0.2) is 29.7 Å². The summed E-state index contributed by atoms with van der Waals surface area (Å²) in [6.45, 7) is 1.81. The molecule has 1 aromatic heterocycles. The van der Waals surface area contributed by atoms with Gasteiger partial charge in [-0.25, -0.2) is 0 Å². The number of carbonyl (C=O) groups is 1. The first-order chi connectivity index (χ1) is 10.5. The Balaban J connectivity index is 2.09. The largest absolute Gasteiger partial charge is 0.497 e. The highest BCUT2D eigenvalue weighted by atomic mass is 32.2. The van der Waals surface area contributed by atoms with Gasteiger partial charge in [0, 0.05) is 13.1 Å². The van der Waals surface area contributed by atoms with Gasteiger partial charge in [-0.05, 0) is 19.1 Å². The van der Waals surface area contributed by atoms with Crippen molar-refractivity contribution in [2.75, 3.05) is 19.5 Å². The highest BCUT2D eigenvalue weighted by Crippen LogP contribution is 2.30. The Kier molecular flexibility index (Phi) is 5.26. The molecule has 0 aliphatic rings. The van der Waals surface area contributed by atoms with Gasteiger partial charge in [0.15, 0.2) is 5.16 Å². The predicted octanol–water partition coefficient (Wildman–Crippen LogP) is 1.95. The van der Waals surface area contributed by atoms with E-state index in [4.69, 9.17) is 9.47 Å². The molecule has 8 heteroatoms. The van der Waals surface area contributed by atoms with Gasteiger partial charge in [0.25, 0.3) is 0 Å². The minimum absolute atomic E-state index is 0.153. The fourth-order valence-electron chi connectivity index (χ4n) is 1.74. The predicted molar refractivity (Wildman–Crippen MR) is 84.5 cm³/mol. The van der Waals surface area contributed by atoms with Crippen LogP contribution in [0.4, 0.5) is 5.69 Å². The highest BCUT2D eigenvalue weighted by Gasteiger charge is 2.19. The van der Waals surface area contributed by atoms with Crippen molar-refractivity contribution < 1.29 is 14.3 Å². The maximum absolute atomic E-state index is 12.3. The summed E-state index contributed by atoms with van der Waals surface area (Å²) in [5.74, 6) is 1.06. The van der Waals surface area contributed by atoms with E-state index in [1.54, 1.807) is 50.2 Å². The van der Waals surface area contributed by atoms with Crippen LogP contribution in [0.5, 0.6) is 11.5 Å². The Bertz CT molecular complexity index is 659. The zero-order chi connectivity index (χ0) is 16.1. The second-order valence-electron chi connectivity index (χ2n) is 4.54.